The number of methoxy groups -OCH3 is 1. The maximum atomic E-state index is 13.2. The Hall–Kier alpha value is -3.52. The van der Waals surface area contributed by atoms with Gasteiger partial charge in [0.25, 0.3) is 0 Å². The van der Waals surface area contributed by atoms with Crippen molar-refractivity contribution in [3.05, 3.63) is 71.5 Å². The number of nitrogens with one attached hydrogen (secondary N) is 1. The molecule has 2 aliphatic heterocycles. The number of carbonyl (C=O) groups excluding carboxylic acids is 2. The van der Waals surface area contributed by atoms with Crippen molar-refractivity contribution in [2.75, 3.05) is 26.7 Å². The summed E-state index contributed by atoms with van der Waals surface area (Å²) in [6, 6.07) is 17.7. The van der Waals surface area contributed by atoms with Crippen LogP contribution in [0.5, 0.6) is 0 Å². The molecule has 8 nitrogen and oxygen atoms in total. The summed E-state index contributed by atoms with van der Waals surface area (Å²) < 4.78 is 4.78. The molecule has 0 spiro atoms. The highest BCUT2D eigenvalue weighted by molar-refractivity contribution is 5.89. The number of fused-ring (bicyclic) bond motifs is 1. The first kappa shape index (κ1) is 23.2. The van der Waals surface area contributed by atoms with Crippen LogP contribution in [0, 0.1) is 5.92 Å². The van der Waals surface area contributed by atoms with Crippen LogP contribution < -0.4 is 0 Å². The van der Waals surface area contributed by atoms with Crippen LogP contribution in [0.25, 0.3) is 11.4 Å². The molecule has 2 aromatic carbocycles. The van der Waals surface area contributed by atoms with Crippen molar-refractivity contribution in [3.63, 3.8) is 0 Å². The van der Waals surface area contributed by atoms with E-state index in [0.29, 0.717) is 23.1 Å². The van der Waals surface area contributed by atoms with Crippen LogP contribution in [0.3, 0.4) is 0 Å². The lowest BCUT2D eigenvalue weighted by molar-refractivity contribution is -0.137. The predicted octanol–water partition coefficient (Wildman–Crippen LogP) is 3.31. The van der Waals surface area contributed by atoms with E-state index in [4.69, 9.17) is 4.74 Å². The van der Waals surface area contributed by atoms with Gasteiger partial charge in [0.1, 0.15) is 5.82 Å². The molecular weight excluding hydrogens is 442 g/mol. The number of carbonyl (C=O) groups is 2. The molecule has 2 fully saturated rings. The molecule has 182 valence electrons. The van der Waals surface area contributed by atoms with Gasteiger partial charge in [-0.15, -0.1) is 0 Å². The average molecular weight is 474 g/mol. The van der Waals surface area contributed by atoms with Crippen LogP contribution in [0.2, 0.25) is 0 Å². The van der Waals surface area contributed by atoms with Gasteiger partial charge in [-0.1, -0.05) is 42.5 Å². The maximum Gasteiger partial charge on any atom is 0.337 e. The molecule has 0 saturated carbocycles. The van der Waals surface area contributed by atoms with Gasteiger partial charge in [-0.25, -0.2) is 9.78 Å². The lowest BCUT2D eigenvalue weighted by Gasteiger charge is -2.47. The fourth-order valence-electron chi connectivity index (χ4n) is 5.39. The summed E-state index contributed by atoms with van der Waals surface area (Å²) in [7, 11) is 1.39. The first-order chi connectivity index (χ1) is 17.1. The number of hydrogen-bond acceptors (Lipinski definition) is 6. The molecule has 0 aliphatic carbocycles. The molecule has 1 N–H and O–H groups in total. The second kappa shape index (κ2) is 10.4. The van der Waals surface area contributed by atoms with E-state index in [2.05, 4.69) is 25.0 Å². The summed E-state index contributed by atoms with van der Waals surface area (Å²) in [5.41, 5.74) is 2.69. The van der Waals surface area contributed by atoms with Crippen molar-refractivity contribution in [2.45, 2.75) is 38.3 Å². The monoisotopic (exact) mass is 473 g/mol. The Labute approximate surface area is 205 Å². The molecule has 2 aliphatic rings. The van der Waals surface area contributed by atoms with E-state index in [0.717, 1.165) is 51.0 Å². The number of amides is 1. The van der Waals surface area contributed by atoms with Gasteiger partial charge in [-0.3, -0.25) is 14.8 Å². The molecule has 2 atom stereocenters. The molecule has 0 radical (unpaired) electrons. The van der Waals surface area contributed by atoms with Crippen molar-refractivity contribution in [2.24, 2.45) is 5.92 Å². The van der Waals surface area contributed by atoms with Crippen molar-refractivity contribution < 1.29 is 14.3 Å². The number of esters is 1. The third kappa shape index (κ3) is 5.27. The first-order valence-electron chi connectivity index (χ1n) is 12.3. The third-order valence-corrected chi connectivity index (χ3v) is 7.14. The average Bonchev–Trinajstić information content (AvgIpc) is 3.37. The van der Waals surface area contributed by atoms with Crippen LogP contribution in [-0.4, -0.2) is 69.6 Å². The van der Waals surface area contributed by atoms with E-state index in [1.54, 1.807) is 0 Å². The Kier molecular flexibility index (Phi) is 6.90. The van der Waals surface area contributed by atoms with E-state index >= 15 is 0 Å². The highest BCUT2D eigenvalue weighted by atomic mass is 16.5. The molecule has 0 bridgehead atoms. The molecular formula is C27H31N5O3. The molecule has 8 heteroatoms. The summed E-state index contributed by atoms with van der Waals surface area (Å²) in [4.78, 5) is 34.0. The number of hydrogen-bond donors (Lipinski definition) is 1. The van der Waals surface area contributed by atoms with E-state index in [-0.39, 0.29) is 24.3 Å². The molecule has 3 heterocycles. The largest absolute Gasteiger partial charge is 0.465 e. The second-order valence-corrected chi connectivity index (χ2v) is 9.42. The highest BCUT2D eigenvalue weighted by Crippen LogP contribution is 2.31. The second-order valence-electron chi connectivity index (χ2n) is 9.42. The number of likely N-dealkylation sites (tertiary alicyclic amines) is 2. The number of ether oxygens (including phenoxy) is 1. The third-order valence-electron chi connectivity index (χ3n) is 7.14. The normalized spacial score (nSPS) is 20.3. The highest BCUT2D eigenvalue weighted by Gasteiger charge is 2.38. The molecule has 1 aromatic heterocycles. The minimum Gasteiger partial charge on any atom is -0.465 e. The van der Waals surface area contributed by atoms with Gasteiger partial charge < -0.3 is 9.64 Å². The standard InChI is InChI=1S/C27H31N5O3/c1-35-27(34)21-11-9-19(10-12-21)17-31-15-13-23-22(18-31)8-5-14-32(23)25(33)16-24-28-26(30-29-24)20-6-3-2-4-7-20/h2-4,6-7,9-12,22-23H,5,8,13-18H2,1H3,(H,28,29,30)/t22-,23+/m1/s1. The van der Waals surface area contributed by atoms with E-state index in [9.17, 15) is 9.59 Å². The minimum atomic E-state index is -0.314. The smallest absolute Gasteiger partial charge is 0.337 e. The Morgan fingerprint density at radius 2 is 1.86 bits per heavy atom. The Morgan fingerprint density at radius 1 is 1.06 bits per heavy atom. The number of piperidine rings is 2. The molecule has 35 heavy (non-hydrogen) atoms. The van der Waals surface area contributed by atoms with Crippen LogP contribution in [0.1, 0.15) is 41.0 Å². The number of rotatable bonds is 6. The van der Waals surface area contributed by atoms with Crippen molar-refractivity contribution in [3.8, 4) is 11.4 Å². The summed E-state index contributed by atoms with van der Waals surface area (Å²) in [5.74, 6) is 1.53. The van der Waals surface area contributed by atoms with Gasteiger partial charge in [-0.2, -0.15) is 5.10 Å². The van der Waals surface area contributed by atoms with Gasteiger partial charge in [0.05, 0.1) is 19.1 Å². The zero-order valence-corrected chi connectivity index (χ0v) is 20.0. The summed E-state index contributed by atoms with van der Waals surface area (Å²) >= 11 is 0. The zero-order valence-electron chi connectivity index (χ0n) is 20.0. The zero-order chi connectivity index (χ0) is 24.2. The van der Waals surface area contributed by atoms with Crippen LogP contribution in [0.15, 0.2) is 54.6 Å². The minimum absolute atomic E-state index is 0.127. The number of H-pyrrole nitrogens is 1. The molecule has 2 saturated heterocycles. The Bertz CT molecular complexity index is 1160. The summed E-state index contributed by atoms with van der Waals surface area (Å²) in [5, 5.41) is 7.25. The van der Waals surface area contributed by atoms with Gasteiger partial charge in [0.2, 0.25) is 5.91 Å². The lowest BCUT2D eigenvalue weighted by Crippen LogP contribution is -2.55. The van der Waals surface area contributed by atoms with Crippen LogP contribution >= 0.6 is 0 Å². The Balaban J connectivity index is 1.18. The van der Waals surface area contributed by atoms with Gasteiger partial charge >= 0.3 is 5.97 Å². The van der Waals surface area contributed by atoms with Crippen molar-refractivity contribution in [1.82, 2.24) is 25.0 Å². The topological polar surface area (TPSA) is 91.4 Å². The number of nitrogens with zero attached hydrogens (tertiary/aromatic N) is 4. The SMILES string of the molecule is COC(=O)c1ccc(CN2CC[C@H]3[C@H](CCCN3C(=O)Cc3nc(-c4ccccc4)n[nH]3)C2)cc1. The van der Waals surface area contributed by atoms with E-state index in [1.807, 2.05) is 54.6 Å². The molecule has 0 unspecified atom stereocenters. The molecule has 3 aromatic rings. The van der Waals surface area contributed by atoms with Gasteiger partial charge in [0.15, 0.2) is 5.82 Å². The molecule has 5 rings (SSSR count). The van der Waals surface area contributed by atoms with E-state index in [1.165, 1.54) is 12.7 Å². The first-order valence-corrected chi connectivity index (χ1v) is 12.3. The molecule has 1 amide bonds. The van der Waals surface area contributed by atoms with Crippen molar-refractivity contribution in [1.29, 1.82) is 0 Å². The fraction of sp³-hybridized carbons (Fsp3) is 0.407. The number of aromatic amines is 1. The van der Waals surface area contributed by atoms with E-state index < -0.39 is 0 Å². The number of benzene rings is 2. The van der Waals surface area contributed by atoms with Crippen molar-refractivity contribution >= 4 is 11.9 Å². The van der Waals surface area contributed by atoms with Gasteiger partial charge in [0, 0.05) is 37.8 Å². The quantitative estimate of drug-likeness (QED) is 0.553. The Morgan fingerprint density at radius 3 is 2.63 bits per heavy atom. The van der Waals surface area contributed by atoms with Crippen LogP contribution in [-0.2, 0) is 22.5 Å². The fourth-order valence-corrected chi connectivity index (χ4v) is 5.39. The summed E-state index contributed by atoms with van der Waals surface area (Å²) in [6.07, 6.45) is 3.40. The maximum absolute atomic E-state index is 13.2. The van der Waals surface area contributed by atoms with Gasteiger partial charge in [-0.05, 0) is 42.9 Å². The summed E-state index contributed by atoms with van der Waals surface area (Å²) in [6.45, 7) is 3.59. The number of aromatic nitrogens is 3. The predicted molar refractivity (Wildman–Crippen MR) is 131 cm³/mol. The van der Waals surface area contributed by atoms with Crippen LogP contribution in [0.4, 0.5) is 0 Å². The lowest BCUT2D eigenvalue weighted by atomic mass is 9.83.